The van der Waals surface area contributed by atoms with Gasteiger partial charge in [0.15, 0.2) is 0 Å². The lowest BCUT2D eigenvalue weighted by Crippen LogP contribution is -2.32. The molecule has 2 rings (SSSR count). The van der Waals surface area contributed by atoms with Crippen molar-refractivity contribution in [2.45, 2.75) is 23.3 Å². The van der Waals surface area contributed by atoms with E-state index in [1.54, 1.807) is 6.20 Å². The molecule has 6 heteroatoms. The van der Waals surface area contributed by atoms with Crippen molar-refractivity contribution in [1.82, 2.24) is 9.88 Å². The molecule has 0 aromatic carbocycles. The molecule has 0 bridgehead atoms. The molecule has 2 amide bonds. The van der Waals surface area contributed by atoms with Crippen molar-refractivity contribution >= 4 is 37.1 Å². The van der Waals surface area contributed by atoms with Gasteiger partial charge >= 0.3 is 0 Å². The first kappa shape index (κ1) is 13.4. The fourth-order valence-corrected chi connectivity index (χ4v) is 2.33. The number of likely N-dealkylation sites (tertiary alicyclic amines) is 1. The van der Waals surface area contributed by atoms with E-state index in [1.807, 2.05) is 18.2 Å². The lowest BCUT2D eigenvalue weighted by Gasteiger charge is -2.24. The van der Waals surface area contributed by atoms with E-state index >= 15 is 0 Å². The summed E-state index contributed by atoms with van der Waals surface area (Å²) in [6.45, 7) is 0.335. The van der Waals surface area contributed by atoms with E-state index in [9.17, 15) is 9.59 Å². The van der Waals surface area contributed by atoms with Crippen LogP contribution in [0.1, 0.15) is 25.0 Å². The summed E-state index contributed by atoms with van der Waals surface area (Å²) in [4.78, 5) is 28.4. The van der Waals surface area contributed by atoms with Gasteiger partial charge in [-0.25, -0.2) is 0 Å². The first-order valence-electron chi connectivity index (χ1n) is 5.70. The predicted octanol–water partition coefficient (Wildman–Crippen LogP) is 1.63. The predicted molar refractivity (Wildman–Crippen MR) is 74.5 cm³/mol. The van der Waals surface area contributed by atoms with Crippen LogP contribution in [0.5, 0.6) is 0 Å². The van der Waals surface area contributed by atoms with Crippen LogP contribution in [0.25, 0.3) is 0 Å². The zero-order valence-corrected chi connectivity index (χ0v) is 11.5. The summed E-state index contributed by atoms with van der Waals surface area (Å²) in [7, 11) is 0. The summed E-state index contributed by atoms with van der Waals surface area (Å²) in [6, 6.07) is 5.50. The van der Waals surface area contributed by atoms with Crippen molar-refractivity contribution in [3.63, 3.8) is 0 Å². The Morgan fingerprint density at radius 3 is 2.44 bits per heavy atom. The summed E-state index contributed by atoms with van der Waals surface area (Å²) >= 11 is 8.92. The highest BCUT2D eigenvalue weighted by molar-refractivity contribution is 7.99. The highest BCUT2D eigenvalue weighted by Gasteiger charge is 2.32. The Balaban J connectivity index is 2.01. The molecule has 0 atom stereocenters. The van der Waals surface area contributed by atoms with E-state index in [1.165, 1.54) is 4.90 Å². The molecule has 96 valence electrons. The van der Waals surface area contributed by atoms with Gasteiger partial charge in [-0.1, -0.05) is 6.07 Å². The molecule has 1 saturated heterocycles. The molecule has 2 heterocycles. The van der Waals surface area contributed by atoms with Crippen molar-refractivity contribution in [1.29, 1.82) is 0 Å². The lowest BCUT2D eigenvalue weighted by atomic mass is 10.2. The van der Waals surface area contributed by atoms with Gasteiger partial charge in [-0.3, -0.25) is 19.5 Å². The van der Waals surface area contributed by atoms with Gasteiger partial charge in [-0.05, 0) is 18.6 Å². The monoisotopic (exact) mass is 282 g/mol. The summed E-state index contributed by atoms with van der Waals surface area (Å²) in [5.74, 6) is -0.225. The van der Waals surface area contributed by atoms with Gasteiger partial charge in [0.1, 0.15) is 0 Å². The SMILES string of the molecule is O=C1CCC(=O)N1CCC(S)(S)c1ccccn1. The molecular formula is C12H14N2O2S2. The zero-order chi connectivity index (χ0) is 13.2. The van der Waals surface area contributed by atoms with Crippen molar-refractivity contribution in [2.24, 2.45) is 0 Å². The summed E-state index contributed by atoms with van der Waals surface area (Å²) < 4.78 is -0.746. The number of pyridine rings is 1. The topological polar surface area (TPSA) is 50.3 Å². The Labute approximate surface area is 117 Å². The Hall–Kier alpha value is -1.01. The molecule has 1 aromatic heterocycles. The number of hydrogen-bond donors (Lipinski definition) is 2. The molecule has 1 aromatic rings. The van der Waals surface area contributed by atoms with Crippen LogP contribution in [-0.2, 0) is 13.7 Å². The number of rotatable bonds is 4. The second-order valence-corrected chi connectivity index (χ2v) is 6.10. The Kier molecular flexibility index (Phi) is 3.97. The molecular weight excluding hydrogens is 268 g/mol. The van der Waals surface area contributed by atoms with Crippen LogP contribution in [0, 0.1) is 0 Å². The Morgan fingerprint density at radius 1 is 1.22 bits per heavy atom. The van der Waals surface area contributed by atoms with Gasteiger partial charge in [-0.2, -0.15) is 25.3 Å². The van der Waals surface area contributed by atoms with Crippen LogP contribution in [0.2, 0.25) is 0 Å². The fraction of sp³-hybridized carbons (Fsp3) is 0.417. The lowest BCUT2D eigenvalue weighted by molar-refractivity contribution is -0.138. The van der Waals surface area contributed by atoms with Crippen LogP contribution >= 0.6 is 25.3 Å². The number of carbonyl (C=O) groups excluding carboxylic acids is 2. The maximum atomic E-state index is 11.5. The maximum absolute atomic E-state index is 11.5. The molecule has 0 unspecified atom stereocenters. The third-order valence-corrected chi connectivity index (χ3v) is 3.82. The maximum Gasteiger partial charge on any atom is 0.229 e. The smallest absolute Gasteiger partial charge is 0.229 e. The second-order valence-electron chi connectivity index (χ2n) is 4.22. The standard InChI is InChI=1S/C12H14N2O2S2/c15-10-4-5-11(16)14(10)8-6-12(17,18)9-3-1-2-7-13-9/h1-3,7,17-18H,4-6,8H2. The van der Waals surface area contributed by atoms with Crippen molar-refractivity contribution < 1.29 is 9.59 Å². The number of imide groups is 1. The first-order chi connectivity index (χ1) is 8.50. The highest BCUT2D eigenvalue weighted by atomic mass is 32.2. The van der Waals surface area contributed by atoms with E-state index in [0.717, 1.165) is 5.69 Å². The van der Waals surface area contributed by atoms with E-state index in [4.69, 9.17) is 0 Å². The third kappa shape index (κ3) is 2.87. The Bertz CT molecular complexity index is 446. The summed E-state index contributed by atoms with van der Waals surface area (Å²) in [6.07, 6.45) is 2.76. The number of amides is 2. The molecule has 1 aliphatic heterocycles. The van der Waals surface area contributed by atoms with Gasteiger partial charge in [0.25, 0.3) is 0 Å². The van der Waals surface area contributed by atoms with Crippen LogP contribution in [-0.4, -0.2) is 28.2 Å². The molecule has 0 N–H and O–H groups in total. The van der Waals surface area contributed by atoms with E-state index in [-0.39, 0.29) is 11.8 Å². The summed E-state index contributed by atoms with van der Waals surface area (Å²) in [5, 5.41) is 0. The number of hydrogen-bond acceptors (Lipinski definition) is 5. The molecule has 0 radical (unpaired) electrons. The molecule has 1 aliphatic rings. The molecule has 18 heavy (non-hydrogen) atoms. The fourth-order valence-electron chi connectivity index (χ4n) is 1.87. The zero-order valence-electron chi connectivity index (χ0n) is 9.74. The summed E-state index contributed by atoms with van der Waals surface area (Å²) in [5.41, 5.74) is 0.718. The number of aromatic nitrogens is 1. The van der Waals surface area contributed by atoms with E-state index in [2.05, 4.69) is 30.2 Å². The Morgan fingerprint density at radius 2 is 1.89 bits per heavy atom. The van der Waals surface area contributed by atoms with Gasteiger partial charge in [0, 0.05) is 25.6 Å². The van der Waals surface area contributed by atoms with Crippen LogP contribution in [0.15, 0.2) is 24.4 Å². The molecule has 4 nitrogen and oxygen atoms in total. The average molecular weight is 282 g/mol. The van der Waals surface area contributed by atoms with Crippen LogP contribution in [0.3, 0.4) is 0 Å². The quantitative estimate of drug-likeness (QED) is 0.501. The number of carbonyl (C=O) groups is 2. The van der Waals surface area contributed by atoms with Crippen LogP contribution in [0.4, 0.5) is 0 Å². The minimum atomic E-state index is -0.746. The largest absolute Gasteiger partial charge is 0.283 e. The van der Waals surface area contributed by atoms with Gasteiger partial charge in [-0.15, -0.1) is 0 Å². The van der Waals surface area contributed by atoms with Crippen molar-refractivity contribution in [3.05, 3.63) is 30.1 Å². The molecule has 0 saturated carbocycles. The van der Waals surface area contributed by atoms with Gasteiger partial charge in [0.05, 0.1) is 9.77 Å². The number of thiol groups is 2. The minimum absolute atomic E-state index is 0.113. The van der Waals surface area contributed by atoms with Gasteiger partial charge < -0.3 is 0 Å². The number of nitrogens with zero attached hydrogens (tertiary/aromatic N) is 2. The van der Waals surface area contributed by atoms with Crippen molar-refractivity contribution in [3.8, 4) is 0 Å². The van der Waals surface area contributed by atoms with Crippen LogP contribution < -0.4 is 0 Å². The first-order valence-corrected chi connectivity index (χ1v) is 6.59. The highest BCUT2D eigenvalue weighted by Crippen LogP contribution is 2.35. The van der Waals surface area contributed by atoms with E-state index < -0.39 is 4.08 Å². The second kappa shape index (κ2) is 5.32. The molecule has 1 fully saturated rings. The molecule has 0 aliphatic carbocycles. The average Bonchev–Trinajstić information content (AvgIpc) is 2.68. The molecule has 0 spiro atoms. The normalized spacial score (nSPS) is 16.4. The van der Waals surface area contributed by atoms with E-state index in [0.29, 0.717) is 25.8 Å². The third-order valence-electron chi connectivity index (χ3n) is 2.91. The minimum Gasteiger partial charge on any atom is -0.283 e. The van der Waals surface area contributed by atoms with Gasteiger partial charge in [0.2, 0.25) is 11.8 Å². The van der Waals surface area contributed by atoms with Crippen molar-refractivity contribution in [2.75, 3.05) is 6.54 Å².